The van der Waals surface area contributed by atoms with Gasteiger partial charge in [-0.1, -0.05) is 31.3 Å². The highest BCUT2D eigenvalue weighted by molar-refractivity contribution is 9.10. The van der Waals surface area contributed by atoms with Gasteiger partial charge in [-0.25, -0.2) is 0 Å². The van der Waals surface area contributed by atoms with Crippen LogP contribution in [0.5, 0.6) is 5.75 Å². The maximum absolute atomic E-state index is 12.1. The average Bonchev–Trinajstić information content (AvgIpc) is 3.24. The van der Waals surface area contributed by atoms with E-state index in [1.807, 2.05) is 18.2 Å². The summed E-state index contributed by atoms with van der Waals surface area (Å²) in [6.07, 6.45) is 1.99. The third kappa shape index (κ3) is 4.77. The monoisotopic (exact) mass is 425 g/mol. The van der Waals surface area contributed by atoms with Crippen LogP contribution < -0.4 is 10.1 Å². The number of anilines is 1. The summed E-state index contributed by atoms with van der Waals surface area (Å²) < 4.78 is 12.0. The molecule has 1 aromatic carbocycles. The Kier molecular flexibility index (Phi) is 6.03. The zero-order valence-electron chi connectivity index (χ0n) is 14.1. The summed E-state index contributed by atoms with van der Waals surface area (Å²) in [6.45, 7) is 4.92. The Morgan fingerprint density at radius 2 is 2.32 bits per heavy atom. The standard InChI is InChI=1S/C17H20BrN3O3S/c1-10(2)11-5-6-13(12(18)8-11)24-9-15(22)19-17-21-20-16(25-17)14-4-3-7-23-14/h5-6,8,10,14H,3-4,7,9H2,1-2H3,(H,19,21,22). The highest BCUT2D eigenvalue weighted by atomic mass is 79.9. The highest BCUT2D eigenvalue weighted by Gasteiger charge is 2.22. The smallest absolute Gasteiger partial charge is 0.264 e. The number of aromatic nitrogens is 2. The number of nitrogens with one attached hydrogen (secondary N) is 1. The molecule has 1 N–H and O–H groups in total. The number of hydrogen-bond acceptors (Lipinski definition) is 6. The molecule has 1 aliphatic heterocycles. The van der Waals surface area contributed by atoms with E-state index in [0.29, 0.717) is 16.8 Å². The number of rotatable bonds is 6. The first-order valence-electron chi connectivity index (χ1n) is 8.20. The van der Waals surface area contributed by atoms with Crippen molar-refractivity contribution < 1.29 is 14.3 Å². The van der Waals surface area contributed by atoms with Gasteiger partial charge in [0, 0.05) is 6.61 Å². The average molecular weight is 426 g/mol. The predicted molar refractivity (Wildman–Crippen MR) is 100 cm³/mol. The van der Waals surface area contributed by atoms with Crippen molar-refractivity contribution in [3.05, 3.63) is 33.2 Å². The van der Waals surface area contributed by atoms with E-state index in [0.717, 1.165) is 28.9 Å². The summed E-state index contributed by atoms with van der Waals surface area (Å²) in [5.74, 6) is 0.802. The van der Waals surface area contributed by atoms with Crippen LogP contribution in [0.3, 0.4) is 0 Å². The molecule has 8 heteroatoms. The molecule has 1 atom stereocenters. The van der Waals surface area contributed by atoms with Gasteiger partial charge in [0.15, 0.2) is 6.61 Å². The van der Waals surface area contributed by atoms with Gasteiger partial charge in [0.25, 0.3) is 5.91 Å². The molecule has 0 aliphatic carbocycles. The fourth-order valence-corrected chi connectivity index (χ4v) is 3.83. The Hall–Kier alpha value is -1.51. The molecule has 1 amide bonds. The topological polar surface area (TPSA) is 73.3 Å². The summed E-state index contributed by atoms with van der Waals surface area (Å²) >= 11 is 4.83. The molecule has 2 heterocycles. The first-order valence-corrected chi connectivity index (χ1v) is 9.81. The van der Waals surface area contributed by atoms with Crippen molar-refractivity contribution in [1.29, 1.82) is 0 Å². The SMILES string of the molecule is CC(C)c1ccc(OCC(=O)Nc2nnc(C3CCCO3)s2)c(Br)c1. The summed E-state index contributed by atoms with van der Waals surface area (Å²) in [5.41, 5.74) is 1.21. The van der Waals surface area contributed by atoms with Crippen LogP contribution in [0.1, 0.15) is 49.3 Å². The van der Waals surface area contributed by atoms with Crippen molar-refractivity contribution in [1.82, 2.24) is 10.2 Å². The van der Waals surface area contributed by atoms with Gasteiger partial charge in [0.05, 0.1) is 4.47 Å². The number of amides is 1. The van der Waals surface area contributed by atoms with Crippen LogP contribution in [0.25, 0.3) is 0 Å². The van der Waals surface area contributed by atoms with Gasteiger partial charge in [-0.15, -0.1) is 10.2 Å². The molecular formula is C17H20BrN3O3S. The van der Waals surface area contributed by atoms with Crippen molar-refractivity contribution in [2.45, 2.75) is 38.7 Å². The van der Waals surface area contributed by atoms with E-state index in [1.54, 1.807) is 0 Å². The molecule has 0 saturated carbocycles. The van der Waals surface area contributed by atoms with Crippen LogP contribution in [0, 0.1) is 0 Å². The third-order valence-corrected chi connectivity index (χ3v) is 5.42. The lowest BCUT2D eigenvalue weighted by Gasteiger charge is -2.11. The lowest BCUT2D eigenvalue weighted by molar-refractivity contribution is -0.118. The van der Waals surface area contributed by atoms with E-state index < -0.39 is 0 Å². The molecule has 1 aromatic heterocycles. The summed E-state index contributed by atoms with van der Waals surface area (Å²) in [5, 5.41) is 12.1. The Labute approximate surface area is 159 Å². The molecule has 1 aliphatic rings. The zero-order chi connectivity index (χ0) is 17.8. The normalized spacial score (nSPS) is 17.0. The number of carbonyl (C=O) groups is 1. The molecule has 1 saturated heterocycles. The van der Waals surface area contributed by atoms with Crippen LogP contribution in [0.4, 0.5) is 5.13 Å². The van der Waals surface area contributed by atoms with Gasteiger partial charge in [0.2, 0.25) is 5.13 Å². The Balaban J connectivity index is 1.53. The molecule has 1 fully saturated rings. The fourth-order valence-electron chi connectivity index (χ4n) is 2.48. The molecule has 0 spiro atoms. The van der Waals surface area contributed by atoms with Crippen molar-refractivity contribution >= 4 is 38.3 Å². The quantitative estimate of drug-likeness (QED) is 0.746. The number of halogens is 1. The first kappa shape index (κ1) is 18.3. The third-order valence-electron chi connectivity index (χ3n) is 3.87. The molecule has 0 bridgehead atoms. The van der Waals surface area contributed by atoms with Crippen molar-refractivity contribution in [3.63, 3.8) is 0 Å². The molecule has 3 rings (SSSR count). The summed E-state index contributed by atoms with van der Waals surface area (Å²) in [4.78, 5) is 12.1. The van der Waals surface area contributed by atoms with Gasteiger partial charge >= 0.3 is 0 Å². The van der Waals surface area contributed by atoms with E-state index in [1.165, 1.54) is 16.9 Å². The van der Waals surface area contributed by atoms with Gasteiger partial charge in [-0.2, -0.15) is 0 Å². The van der Waals surface area contributed by atoms with E-state index >= 15 is 0 Å². The summed E-state index contributed by atoms with van der Waals surface area (Å²) in [6, 6.07) is 5.88. The number of hydrogen-bond donors (Lipinski definition) is 1. The van der Waals surface area contributed by atoms with Crippen LogP contribution >= 0.6 is 27.3 Å². The van der Waals surface area contributed by atoms with Gasteiger partial charge < -0.3 is 9.47 Å². The van der Waals surface area contributed by atoms with Crippen LogP contribution in [0.15, 0.2) is 22.7 Å². The minimum absolute atomic E-state index is 0.00910. The van der Waals surface area contributed by atoms with Crippen molar-refractivity contribution in [2.24, 2.45) is 0 Å². The van der Waals surface area contributed by atoms with E-state index in [4.69, 9.17) is 9.47 Å². The summed E-state index contributed by atoms with van der Waals surface area (Å²) in [7, 11) is 0. The fraction of sp³-hybridized carbons (Fsp3) is 0.471. The van der Waals surface area contributed by atoms with Crippen molar-refractivity contribution in [3.8, 4) is 5.75 Å². The maximum Gasteiger partial charge on any atom is 0.264 e. The maximum atomic E-state index is 12.1. The number of ether oxygens (including phenoxy) is 2. The number of nitrogens with zero attached hydrogens (tertiary/aromatic N) is 2. The molecule has 2 aromatic rings. The van der Waals surface area contributed by atoms with Crippen LogP contribution in [0.2, 0.25) is 0 Å². The van der Waals surface area contributed by atoms with Crippen LogP contribution in [-0.4, -0.2) is 29.3 Å². The van der Waals surface area contributed by atoms with Crippen LogP contribution in [-0.2, 0) is 9.53 Å². The first-order chi connectivity index (χ1) is 12.0. The molecule has 25 heavy (non-hydrogen) atoms. The Bertz CT molecular complexity index is 744. The highest BCUT2D eigenvalue weighted by Crippen LogP contribution is 2.32. The molecular weight excluding hydrogens is 406 g/mol. The van der Waals surface area contributed by atoms with Gasteiger partial charge in [0.1, 0.15) is 16.9 Å². The number of benzene rings is 1. The zero-order valence-corrected chi connectivity index (χ0v) is 16.5. The second-order valence-corrected chi connectivity index (χ2v) is 7.99. The second-order valence-electron chi connectivity index (χ2n) is 6.13. The molecule has 1 unspecified atom stereocenters. The van der Waals surface area contributed by atoms with Crippen molar-refractivity contribution in [2.75, 3.05) is 18.5 Å². The molecule has 0 radical (unpaired) electrons. The van der Waals surface area contributed by atoms with E-state index in [-0.39, 0.29) is 18.6 Å². The Morgan fingerprint density at radius 3 is 3.00 bits per heavy atom. The van der Waals surface area contributed by atoms with E-state index in [9.17, 15) is 4.79 Å². The predicted octanol–water partition coefficient (Wildman–Crippen LogP) is 4.29. The second kappa shape index (κ2) is 8.25. The van der Waals surface area contributed by atoms with Gasteiger partial charge in [-0.05, 0) is 52.4 Å². The largest absolute Gasteiger partial charge is 0.483 e. The lowest BCUT2D eigenvalue weighted by Crippen LogP contribution is -2.20. The minimum atomic E-state index is -0.269. The van der Waals surface area contributed by atoms with E-state index in [2.05, 4.69) is 45.3 Å². The molecule has 134 valence electrons. The number of carbonyl (C=O) groups excluding carboxylic acids is 1. The van der Waals surface area contributed by atoms with Gasteiger partial charge in [-0.3, -0.25) is 10.1 Å². The molecule has 6 nitrogen and oxygen atoms in total. The Morgan fingerprint density at radius 1 is 1.48 bits per heavy atom. The minimum Gasteiger partial charge on any atom is -0.483 e. The lowest BCUT2D eigenvalue weighted by atomic mass is 10.0.